The number of methoxy groups -OCH3 is 1. The molecule has 0 aliphatic rings. The van der Waals surface area contributed by atoms with Crippen LogP contribution in [0.5, 0.6) is 11.5 Å². The molecule has 2 aromatic rings. The summed E-state index contributed by atoms with van der Waals surface area (Å²) in [6.07, 6.45) is 0.936. The van der Waals surface area contributed by atoms with Crippen LogP contribution in [0.4, 0.5) is 5.69 Å². The van der Waals surface area contributed by atoms with Gasteiger partial charge in [-0.2, -0.15) is 0 Å². The van der Waals surface area contributed by atoms with Gasteiger partial charge in [-0.25, -0.2) is 0 Å². The van der Waals surface area contributed by atoms with Crippen molar-refractivity contribution in [3.63, 3.8) is 0 Å². The molecule has 0 spiro atoms. The summed E-state index contributed by atoms with van der Waals surface area (Å²) in [5.74, 6) is 0.914. The number of carbonyl (C=O) groups excluding carboxylic acids is 1. The molecule has 6 heteroatoms. The molecule has 0 heterocycles. The van der Waals surface area contributed by atoms with Crippen molar-refractivity contribution in [3.05, 3.63) is 54.1 Å². The van der Waals surface area contributed by atoms with Crippen LogP contribution in [-0.2, 0) is 0 Å². The Hall–Kier alpha value is -2.60. The van der Waals surface area contributed by atoms with E-state index in [4.69, 9.17) is 21.7 Å². The van der Waals surface area contributed by atoms with Crippen molar-refractivity contribution in [2.24, 2.45) is 0 Å². The highest BCUT2D eigenvalue weighted by atomic mass is 32.1. The summed E-state index contributed by atoms with van der Waals surface area (Å²) in [5, 5.41) is 5.83. The van der Waals surface area contributed by atoms with Gasteiger partial charge in [-0.1, -0.05) is 25.1 Å². The third-order valence-electron chi connectivity index (χ3n) is 3.14. The van der Waals surface area contributed by atoms with Crippen LogP contribution in [0.2, 0.25) is 0 Å². The van der Waals surface area contributed by atoms with Crippen LogP contribution >= 0.6 is 12.2 Å². The molecule has 1 amide bonds. The lowest BCUT2D eigenvalue weighted by Gasteiger charge is -2.12. The molecule has 0 aliphatic heterocycles. The Morgan fingerprint density at radius 1 is 1.17 bits per heavy atom. The highest BCUT2D eigenvalue weighted by Crippen LogP contribution is 2.18. The molecule has 0 saturated carbocycles. The number of anilines is 1. The van der Waals surface area contributed by atoms with Crippen LogP contribution in [0, 0.1) is 0 Å². The highest BCUT2D eigenvalue weighted by molar-refractivity contribution is 7.80. The van der Waals surface area contributed by atoms with E-state index in [1.54, 1.807) is 24.3 Å². The predicted octanol–water partition coefficient (Wildman–Crippen LogP) is 3.61. The van der Waals surface area contributed by atoms with Gasteiger partial charge in [0.05, 0.1) is 19.3 Å². The molecule has 0 saturated heterocycles. The van der Waals surface area contributed by atoms with E-state index in [1.165, 1.54) is 7.11 Å². The van der Waals surface area contributed by atoms with E-state index in [2.05, 4.69) is 10.6 Å². The molecular formula is C18H20N2O3S. The molecule has 5 nitrogen and oxygen atoms in total. The van der Waals surface area contributed by atoms with Crippen molar-refractivity contribution in [1.29, 1.82) is 0 Å². The number of para-hydroxylation sites is 1. The fourth-order valence-electron chi connectivity index (χ4n) is 2.05. The van der Waals surface area contributed by atoms with Crippen molar-refractivity contribution < 1.29 is 14.3 Å². The maximum absolute atomic E-state index is 12.3. The summed E-state index contributed by atoms with van der Waals surface area (Å²) in [6.45, 7) is 2.70. The quantitative estimate of drug-likeness (QED) is 0.784. The third kappa shape index (κ3) is 4.96. The van der Waals surface area contributed by atoms with Gasteiger partial charge in [-0.05, 0) is 42.9 Å². The number of amides is 1. The number of carbonyl (C=O) groups is 1. The van der Waals surface area contributed by atoms with Gasteiger partial charge in [0.2, 0.25) is 0 Å². The summed E-state index contributed by atoms with van der Waals surface area (Å²) in [4.78, 5) is 12.3. The standard InChI is InChI=1S/C18H20N2O3S/c1-3-11-23-14-8-6-7-13(12-14)19-18(24)20-17(21)15-9-4-5-10-16(15)22-2/h4-10,12H,3,11H2,1-2H3,(H2,19,20,21,24). The van der Waals surface area contributed by atoms with Gasteiger partial charge in [0, 0.05) is 11.8 Å². The van der Waals surface area contributed by atoms with Crippen molar-refractivity contribution in [3.8, 4) is 11.5 Å². The van der Waals surface area contributed by atoms with E-state index in [9.17, 15) is 4.79 Å². The maximum atomic E-state index is 12.3. The van der Waals surface area contributed by atoms with Gasteiger partial charge in [0.15, 0.2) is 5.11 Å². The fraction of sp³-hybridized carbons (Fsp3) is 0.222. The summed E-state index contributed by atoms with van der Waals surface area (Å²) >= 11 is 5.20. The van der Waals surface area contributed by atoms with Crippen LogP contribution < -0.4 is 20.1 Å². The Kier molecular flexibility index (Phi) is 6.57. The number of nitrogens with one attached hydrogen (secondary N) is 2. The van der Waals surface area contributed by atoms with E-state index >= 15 is 0 Å². The Balaban J connectivity index is 1.99. The molecule has 2 rings (SSSR count). The fourth-order valence-corrected chi connectivity index (χ4v) is 2.26. The number of thiocarbonyl (C=S) groups is 1. The second-order valence-corrected chi connectivity index (χ2v) is 5.39. The van der Waals surface area contributed by atoms with E-state index < -0.39 is 0 Å². The first-order valence-electron chi connectivity index (χ1n) is 7.62. The molecule has 0 atom stereocenters. The first kappa shape index (κ1) is 17.7. The smallest absolute Gasteiger partial charge is 0.261 e. The predicted molar refractivity (Wildman–Crippen MR) is 98.9 cm³/mol. The molecule has 126 valence electrons. The highest BCUT2D eigenvalue weighted by Gasteiger charge is 2.12. The SMILES string of the molecule is CCCOc1cccc(NC(=S)NC(=O)c2ccccc2OC)c1. The number of rotatable bonds is 6. The summed E-state index contributed by atoms with van der Waals surface area (Å²) < 4.78 is 10.7. The normalized spacial score (nSPS) is 9.92. The number of ether oxygens (including phenoxy) is 2. The second-order valence-electron chi connectivity index (χ2n) is 4.98. The lowest BCUT2D eigenvalue weighted by Crippen LogP contribution is -2.34. The van der Waals surface area contributed by atoms with Crippen molar-refractivity contribution in [2.75, 3.05) is 19.0 Å². The van der Waals surface area contributed by atoms with E-state index in [0.29, 0.717) is 17.9 Å². The van der Waals surface area contributed by atoms with E-state index in [-0.39, 0.29) is 11.0 Å². The average Bonchev–Trinajstić information content (AvgIpc) is 2.60. The average molecular weight is 344 g/mol. The summed E-state index contributed by atoms with van der Waals surface area (Å²) in [5.41, 5.74) is 1.16. The second kappa shape index (κ2) is 8.88. The zero-order chi connectivity index (χ0) is 17.4. The molecule has 0 aliphatic carbocycles. The lowest BCUT2D eigenvalue weighted by atomic mass is 10.2. The van der Waals surface area contributed by atoms with E-state index in [0.717, 1.165) is 17.9 Å². The minimum Gasteiger partial charge on any atom is -0.496 e. The van der Waals surface area contributed by atoms with Gasteiger partial charge >= 0.3 is 0 Å². The molecule has 0 radical (unpaired) electrons. The van der Waals surface area contributed by atoms with Gasteiger partial charge in [0.25, 0.3) is 5.91 Å². The topological polar surface area (TPSA) is 59.6 Å². The van der Waals surface area contributed by atoms with Gasteiger partial charge < -0.3 is 14.8 Å². The minimum atomic E-state index is -0.330. The van der Waals surface area contributed by atoms with Gasteiger partial charge in [-0.15, -0.1) is 0 Å². The Labute approximate surface area is 147 Å². The number of hydrogen-bond donors (Lipinski definition) is 2. The zero-order valence-corrected chi connectivity index (χ0v) is 14.5. The van der Waals surface area contributed by atoms with Crippen molar-refractivity contribution in [1.82, 2.24) is 5.32 Å². The first-order chi connectivity index (χ1) is 11.6. The zero-order valence-electron chi connectivity index (χ0n) is 13.7. The van der Waals surface area contributed by atoms with E-state index in [1.807, 2.05) is 31.2 Å². The van der Waals surface area contributed by atoms with Crippen LogP contribution in [0.3, 0.4) is 0 Å². The summed E-state index contributed by atoms with van der Waals surface area (Å²) in [7, 11) is 1.52. The molecule has 2 aromatic carbocycles. The van der Waals surface area contributed by atoms with Crippen molar-refractivity contribution >= 4 is 28.9 Å². The minimum absolute atomic E-state index is 0.207. The Morgan fingerprint density at radius 2 is 1.96 bits per heavy atom. The van der Waals surface area contributed by atoms with Crippen LogP contribution in [0.15, 0.2) is 48.5 Å². The Bertz CT molecular complexity index is 719. The van der Waals surface area contributed by atoms with Crippen LogP contribution in [-0.4, -0.2) is 24.7 Å². The number of benzene rings is 2. The Morgan fingerprint density at radius 3 is 2.71 bits per heavy atom. The largest absolute Gasteiger partial charge is 0.496 e. The van der Waals surface area contributed by atoms with Gasteiger partial charge in [0.1, 0.15) is 11.5 Å². The molecule has 0 aromatic heterocycles. The molecule has 0 fully saturated rings. The third-order valence-corrected chi connectivity index (χ3v) is 3.35. The first-order valence-corrected chi connectivity index (χ1v) is 8.03. The molecule has 24 heavy (non-hydrogen) atoms. The van der Waals surface area contributed by atoms with Crippen LogP contribution in [0.1, 0.15) is 23.7 Å². The molecule has 0 unspecified atom stereocenters. The summed E-state index contributed by atoms with van der Waals surface area (Å²) in [6, 6.07) is 14.4. The molecular weight excluding hydrogens is 324 g/mol. The molecule has 2 N–H and O–H groups in total. The maximum Gasteiger partial charge on any atom is 0.261 e. The molecule has 0 bridgehead atoms. The van der Waals surface area contributed by atoms with Crippen molar-refractivity contribution in [2.45, 2.75) is 13.3 Å². The van der Waals surface area contributed by atoms with Crippen LogP contribution in [0.25, 0.3) is 0 Å². The number of hydrogen-bond acceptors (Lipinski definition) is 4. The van der Waals surface area contributed by atoms with Gasteiger partial charge in [-0.3, -0.25) is 10.1 Å². The lowest BCUT2D eigenvalue weighted by molar-refractivity contribution is 0.0975. The monoisotopic (exact) mass is 344 g/mol.